The molecule has 3 nitrogen and oxygen atoms in total. The van der Waals surface area contributed by atoms with E-state index < -0.39 is 0 Å². The Hall–Kier alpha value is -2.59. The maximum Gasteiger partial charge on any atom is 0.256 e. The number of hydrogen-bond acceptors (Lipinski definition) is 3. The topological polar surface area (TPSA) is 42.0 Å². The van der Waals surface area contributed by atoms with E-state index in [-0.39, 0.29) is 5.91 Å². The van der Waals surface area contributed by atoms with E-state index in [0.29, 0.717) is 5.56 Å². The van der Waals surface area contributed by atoms with Crippen LogP contribution in [0.5, 0.6) is 0 Å². The highest BCUT2D eigenvalue weighted by Gasteiger charge is 2.12. The number of rotatable bonds is 5. The van der Waals surface area contributed by atoms with Crippen molar-refractivity contribution in [2.75, 3.05) is 5.32 Å². The van der Waals surface area contributed by atoms with Gasteiger partial charge in [-0.15, -0.1) is 11.8 Å². The van der Waals surface area contributed by atoms with Crippen molar-refractivity contribution in [3.63, 3.8) is 0 Å². The summed E-state index contributed by atoms with van der Waals surface area (Å²) in [4.78, 5) is 17.5. The highest BCUT2D eigenvalue weighted by Crippen LogP contribution is 2.26. The third-order valence-corrected chi connectivity index (χ3v) is 4.41. The van der Waals surface area contributed by atoms with Gasteiger partial charge in [0.1, 0.15) is 0 Å². The lowest BCUT2D eigenvalue weighted by molar-refractivity contribution is 0.102. The van der Waals surface area contributed by atoms with Crippen molar-refractivity contribution in [3.05, 3.63) is 90.3 Å². The van der Waals surface area contributed by atoms with Crippen molar-refractivity contribution in [2.24, 2.45) is 0 Å². The van der Waals surface area contributed by atoms with Gasteiger partial charge in [-0.25, -0.2) is 0 Å². The van der Waals surface area contributed by atoms with Crippen LogP contribution in [0, 0.1) is 0 Å². The maximum atomic E-state index is 12.5. The number of nitrogens with zero attached hydrogens (tertiary/aromatic N) is 1. The summed E-state index contributed by atoms with van der Waals surface area (Å²) in [6.45, 7) is 0. The van der Waals surface area contributed by atoms with Crippen molar-refractivity contribution in [3.8, 4) is 0 Å². The van der Waals surface area contributed by atoms with Gasteiger partial charge in [0.15, 0.2) is 0 Å². The first-order chi connectivity index (χ1) is 11.3. The van der Waals surface area contributed by atoms with E-state index in [1.54, 1.807) is 30.2 Å². The van der Waals surface area contributed by atoms with Gasteiger partial charge in [0.05, 0.1) is 5.56 Å². The molecule has 1 aromatic heterocycles. The van der Waals surface area contributed by atoms with Crippen LogP contribution < -0.4 is 5.32 Å². The first kappa shape index (κ1) is 15.3. The van der Waals surface area contributed by atoms with Gasteiger partial charge in [-0.1, -0.05) is 48.5 Å². The van der Waals surface area contributed by atoms with E-state index in [0.717, 1.165) is 16.3 Å². The number of pyridine rings is 1. The fourth-order valence-electron chi connectivity index (χ4n) is 2.14. The Labute approximate surface area is 139 Å². The SMILES string of the molecule is O=C(Nc1ccccc1)c1ccncc1SCc1ccccc1. The molecule has 1 amide bonds. The maximum absolute atomic E-state index is 12.5. The molecule has 0 bridgehead atoms. The van der Waals surface area contributed by atoms with Crippen molar-refractivity contribution in [2.45, 2.75) is 10.6 Å². The van der Waals surface area contributed by atoms with E-state index >= 15 is 0 Å². The van der Waals surface area contributed by atoms with Crippen LogP contribution in [-0.2, 0) is 5.75 Å². The highest BCUT2D eigenvalue weighted by molar-refractivity contribution is 7.98. The molecule has 0 spiro atoms. The van der Waals surface area contributed by atoms with Crippen LogP contribution >= 0.6 is 11.8 Å². The van der Waals surface area contributed by atoms with Crippen molar-refractivity contribution < 1.29 is 4.79 Å². The molecular formula is C19H16N2OS. The van der Waals surface area contributed by atoms with Crippen LogP contribution in [0.2, 0.25) is 0 Å². The highest BCUT2D eigenvalue weighted by atomic mass is 32.2. The average Bonchev–Trinajstić information content (AvgIpc) is 2.62. The van der Waals surface area contributed by atoms with E-state index in [2.05, 4.69) is 22.4 Å². The molecule has 0 saturated carbocycles. The molecule has 0 aliphatic rings. The number of carbonyl (C=O) groups excluding carboxylic acids is 1. The summed E-state index contributed by atoms with van der Waals surface area (Å²) in [7, 11) is 0. The fourth-order valence-corrected chi connectivity index (χ4v) is 3.10. The van der Waals surface area contributed by atoms with E-state index in [9.17, 15) is 4.79 Å². The van der Waals surface area contributed by atoms with Gasteiger partial charge < -0.3 is 5.32 Å². The lowest BCUT2D eigenvalue weighted by atomic mass is 10.2. The van der Waals surface area contributed by atoms with Crippen LogP contribution in [0.4, 0.5) is 5.69 Å². The minimum atomic E-state index is -0.117. The quantitative estimate of drug-likeness (QED) is 0.697. The van der Waals surface area contributed by atoms with Gasteiger partial charge in [-0.2, -0.15) is 0 Å². The Kier molecular flexibility index (Phi) is 5.06. The second-order valence-corrected chi connectivity index (χ2v) is 5.98. The van der Waals surface area contributed by atoms with Gasteiger partial charge in [0.2, 0.25) is 0 Å². The molecule has 0 radical (unpaired) electrons. The number of benzene rings is 2. The van der Waals surface area contributed by atoms with E-state index in [4.69, 9.17) is 0 Å². The standard InChI is InChI=1S/C19H16N2OS/c22-19(21-16-9-5-2-6-10-16)17-11-12-20-13-18(17)23-14-15-7-3-1-4-8-15/h1-13H,14H2,(H,21,22). The molecule has 0 aliphatic heterocycles. The molecule has 0 atom stereocenters. The Balaban J connectivity index is 1.73. The number of carbonyl (C=O) groups is 1. The number of amides is 1. The second kappa shape index (κ2) is 7.61. The van der Waals surface area contributed by atoms with Crippen LogP contribution in [0.25, 0.3) is 0 Å². The van der Waals surface area contributed by atoms with Gasteiger partial charge in [0, 0.05) is 28.7 Å². The number of hydrogen-bond donors (Lipinski definition) is 1. The number of para-hydroxylation sites is 1. The summed E-state index contributed by atoms with van der Waals surface area (Å²) in [5, 5.41) is 2.92. The van der Waals surface area contributed by atoms with Crippen molar-refractivity contribution in [1.82, 2.24) is 4.98 Å². The molecule has 2 aromatic carbocycles. The van der Waals surface area contributed by atoms with E-state index in [1.807, 2.05) is 48.5 Å². The second-order valence-electron chi connectivity index (χ2n) is 4.97. The van der Waals surface area contributed by atoms with E-state index in [1.165, 1.54) is 5.56 Å². The Morgan fingerprint density at radius 1 is 0.957 bits per heavy atom. The zero-order valence-corrected chi connectivity index (χ0v) is 13.3. The summed E-state index contributed by atoms with van der Waals surface area (Å²) in [6, 6.07) is 21.4. The first-order valence-electron chi connectivity index (χ1n) is 7.30. The van der Waals surface area contributed by atoms with Gasteiger partial charge in [-0.05, 0) is 23.8 Å². The Bertz CT molecular complexity index is 776. The molecule has 1 heterocycles. The Morgan fingerprint density at radius 3 is 2.39 bits per heavy atom. The number of aromatic nitrogens is 1. The minimum Gasteiger partial charge on any atom is -0.322 e. The third-order valence-electron chi connectivity index (χ3n) is 3.30. The Morgan fingerprint density at radius 2 is 1.65 bits per heavy atom. The molecule has 0 saturated heterocycles. The fraction of sp³-hybridized carbons (Fsp3) is 0.0526. The number of nitrogens with one attached hydrogen (secondary N) is 1. The number of anilines is 1. The first-order valence-corrected chi connectivity index (χ1v) is 8.28. The third kappa shape index (κ3) is 4.20. The summed E-state index contributed by atoms with van der Waals surface area (Å²) < 4.78 is 0. The molecule has 0 aliphatic carbocycles. The van der Waals surface area contributed by atoms with Gasteiger partial charge >= 0.3 is 0 Å². The van der Waals surface area contributed by atoms with Gasteiger partial charge in [0.25, 0.3) is 5.91 Å². The summed E-state index contributed by atoms with van der Waals surface area (Å²) in [5.41, 5.74) is 2.65. The van der Waals surface area contributed by atoms with Crippen LogP contribution in [0.15, 0.2) is 84.0 Å². The van der Waals surface area contributed by atoms with Gasteiger partial charge in [-0.3, -0.25) is 9.78 Å². The largest absolute Gasteiger partial charge is 0.322 e. The molecule has 23 heavy (non-hydrogen) atoms. The van der Waals surface area contributed by atoms with Crippen molar-refractivity contribution in [1.29, 1.82) is 0 Å². The molecule has 4 heteroatoms. The van der Waals surface area contributed by atoms with Crippen LogP contribution in [0.3, 0.4) is 0 Å². The molecule has 3 rings (SSSR count). The number of thioether (sulfide) groups is 1. The lowest BCUT2D eigenvalue weighted by Gasteiger charge is -2.09. The lowest BCUT2D eigenvalue weighted by Crippen LogP contribution is -2.13. The predicted octanol–water partition coefficient (Wildman–Crippen LogP) is 4.63. The van der Waals surface area contributed by atoms with Crippen molar-refractivity contribution >= 4 is 23.4 Å². The zero-order chi connectivity index (χ0) is 15.9. The summed E-state index contributed by atoms with van der Waals surface area (Å²) >= 11 is 1.62. The molecule has 3 aromatic rings. The predicted molar refractivity (Wildman–Crippen MR) is 94.6 cm³/mol. The van der Waals surface area contributed by atoms with Crippen LogP contribution in [0.1, 0.15) is 15.9 Å². The molecule has 1 N–H and O–H groups in total. The summed E-state index contributed by atoms with van der Waals surface area (Å²) in [6.07, 6.45) is 3.39. The molecular weight excluding hydrogens is 304 g/mol. The minimum absolute atomic E-state index is 0.117. The summed E-state index contributed by atoms with van der Waals surface area (Å²) in [5.74, 6) is 0.687. The average molecular weight is 320 g/mol. The normalized spacial score (nSPS) is 10.3. The smallest absolute Gasteiger partial charge is 0.256 e. The molecule has 0 unspecified atom stereocenters. The zero-order valence-electron chi connectivity index (χ0n) is 12.5. The van der Waals surface area contributed by atoms with Crippen LogP contribution in [-0.4, -0.2) is 10.9 Å². The molecule has 0 fully saturated rings. The molecule has 114 valence electrons. The monoisotopic (exact) mass is 320 g/mol.